The van der Waals surface area contributed by atoms with Crippen LogP contribution >= 0.6 is 0 Å². The number of carboxylic acids is 1. The molecule has 11 heteroatoms. The van der Waals surface area contributed by atoms with Gasteiger partial charge in [0.2, 0.25) is 0 Å². The molecule has 1 aliphatic rings. The van der Waals surface area contributed by atoms with Gasteiger partial charge in [-0.3, -0.25) is 9.59 Å². The number of allylic oxidation sites excluding steroid dienone is 2. The van der Waals surface area contributed by atoms with Crippen LogP contribution in [0.4, 0.5) is 0 Å². The number of carboxylic acid groups (broad SMARTS) is 1. The Bertz CT molecular complexity index is 880. The van der Waals surface area contributed by atoms with Crippen LogP contribution in [0.2, 0.25) is 0 Å². The molecule has 6 unspecified atom stereocenters. The number of aliphatic carboxylic acids is 1. The molecule has 1 heterocycles. The maximum Gasteiger partial charge on any atom is 0.335 e. The predicted molar refractivity (Wildman–Crippen MR) is 188 cm³/mol. The normalized spacial score (nSPS) is 21.5. The molecule has 0 aromatic carbocycles. The second kappa shape index (κ2) is 29.7. The fraction of sp³-hybridized carbons (Fsp3) is 0.868. The fourth-order valence-electron chi connectivity index (χ4n) is 5.74. The summed E-state index contributed by atoms with van der Waals surface area (Å²) in [5.74, 6) is -2.45. The van der Waals surface area contributed by atoms with Gasteiger partial charge in [0.1, 0.15) is 24.9 Å². The second-order valence-corrected chi connectivity index (χ2v) is 13.4. The van der Waals surface area contributed by atoms with Crippen LogP contribution in [0.25, 0.3) is 0 Å². The van der Waals surface area contributed by atoms with Crippen molar-refractivity contribution in [3.63, 3.8) is 0 Å². The van der Waals surface area contributed by atoms with Crippen molar-refractivity contribution in [3.05, 3.63) is 12.2 Å². The third-order valence-corrected chi connectivity index (χ3v) is 8.86. The molecule has 0 spiro atoms. The van der Waals surface area contributed by atoms with Gasteiger partial charge in [-0.15, -0.1) is 0 Å². The van der Waals surface area contributed by atoms with Gasteiger partial charge in [-0.1, -0.05) is 129 Å². The molecule has 49 heavy (non-hydrogen) atoms. The molecule has 6 atom stereocenters. The molecule has 0 saturated carbocycles. The minimum atomic E-state index is -1.86. The van der Waals surface area contributed by atoms with Crippen LogP contribution < -0.4 is 0 Å². The van der Waals surface area contributed by atoms with Gasteiger partial charge < -0.3 is 39.4 Å². The molecule has 0 aromatic heterocycles. The van der Waals surface area contributed by atoms with Crippen LogP contribution in [0.1, 0.15) is 162 Å². The van der Waals surface area contributed by atoms with Crippen molar-refractivity contribution in [3.8, 4) is 0 Å². The summed E-state index contributed by atoms with van der Waals surface area (Å²) in [5, 5.41) is 39.6. The fourth-order valence-corrected chi connectivity index (χ4v) is 5.74. The van der Waals surface area contributed by atoms with Crippen molar-refractivity contribution in [1.82, 2.24) is 0 Å². The van der Waals surface area contributed by atoms with E-state index in [2.05, 4.69) is 26.0 Å². The van der Waals surface area contributed by atoms with E-state index in [9.17, 15) is 34.8 Å². The smallest absolute Gasteiger partial charge is 0.335 e. The van der Waals surface area contributed by atoms with Crippen molar-refractivity contribution >= 4 is 17.9 Å². The topological polar surface area (TPSA) is 169 Å². The minimum absolute atomic E-state index is 0.185. The van der Waals surface area contributed by atoms with E-state index < -0.39 is 54.7 Å². The van der Waals surface area contributed by atoms with Crippen LogP contribution in [-0.4, -0.2) is 88.4 Å². The SMILES string of the molecule is CCCC/C=C\CCCCCCCC(=O)OCC(COC1OC(C(=O)O)C(O)C(O)C1O)OC(=O)CCCCCCCCCCCCCC. The van der Waals surface area contributed by atoms with Crippen LogP contribution in [0.15, 0.2) is 12.2 Å². The molecule has 1 fully saturated rings. The Hall–Kier alpha value is -2.05. The molecular formula is C38H68O11. The van der Waals surface area contributed by atoms with E-state index in [1.54, 1.807) is 0 Å². The average molecular weight is 701 g/mol. The Morgan fingerprint density at radius 2 is 1.10 bits per heavy atom. The van der Waals surface area contributed by atoms with Gasteiger partial charge in [0.25, 0.3) is 0 Å². The Kier molecular flexibility index (Phi) is 27.2. The Morgan fingerprint density at radius 1 is 0.612 bits per heavy atom. The molecule has 1 aliphatic heterocycles. The van der Waals surface area contributed by atoms with Crippen molar-refractivity contribution in [1.29, 1.82) is 0 Å². The van der Waals surface area contributed by atoms with E-state index in [0.29, 0.717) is 12.8 Å². The highest BCUT2D eigenvalue weighted by Crippen LogP contribution is 2.23. The quantitative estimate of drug-likeness (QED) is 0.0337. The van der Waals surface area contributed by atoms with Crippen molar-refractivity contribution in [2.45, 2.75) is 198 Å². The van der Waals surface area contributed by atoms with Gasteiger partial charge in [0.15, 0.2) is 18.5 Å². The zero-order valence-corrected chi connectivity index (χ0v) is 30.4. The minimum Gasteiger partial charge on any atom is -0.479 e. The number of aliphatic hydroxyl groups is 3. The molecule has 1 rings (SSSR count). The lowest BCUT2D eigenvalue weighted by molar-refractivity contribution is -0.298. The highest BCUT2D eigenvalue weighted by molar-refractivity contribution is 5.73. The first kappa shape index (κ1) is 45.0. The molecule has 11 nitrogen and oxygen atoms in total. The van der Waals surface area contributed by atoms with Crippen molar-refractivity contribution in [2.75, 3.05) is 13.2 Å². The van der Waals surface area contributed by atoms with E-state index in [-0.39, 0.29) is 26.1 Å². The van der Waals surface area contributed by atoms with Crippen molar-refractivity contribution < 1.29 is 53.8 Å². The van der Waals surface area contributed by atoms with E-state index in [1.165, 1.54) is 64.2 Å². The maximum absolute atomic E-state index is 12.7. The highest BCUT2D eigenvalue weighted by Gasteiger charge is 2.47. The second-order valence-electron chi connectivity index (χ2n) is 13.4. The van der Waals surface area contributed by atoms with E-state index in [1.807, 2.05) is 0 Å². The number of carbonyl (C=O) groups excluding carboxylic acids is 2. The lowest BCUT2D eigenvalue weighted by atomic mass is 9.99. The highest BCUT2D eigenvalue weighted by atomic mass is 16.7. The van der Waals surface area contributed by atoms with Crippen LogP contribution in [0, 0.1) is 0 Å². The molecule has 0 radical (unpaired) electrons. The van der Waals surface area contributed by atoms with E-state index in [0.717, 1.165) is 57.8 Å². The summed E-state index contributed by atoms with van der Waals surface area (Å²) >= 11 is 0. The van der Waals surface area contributed by atoms with Gasteiger partial charge in [-0.05, 0) is 32.1 Å². The third kappa shape index (κ3) is 22.4. The number of aliphatic hydroxyl groups excluding tert-OH is 3. The first-order valence-corrected chi connectivity index (χ1v) is 19.2. The average Bonchev–Trinajstić information content (AvgIpc) is 3.08. The summed E-state index contributed by atoms with van der Waals surface area (Å²) in [5.41, 5.74) is 0. The van der Waals surface area contributed by atoms with E-state index in [4.69, 9.17) is 18.9 Å². The summed E-state index contributed by atoms with van der Waals surface area (Å²) in [4.78, 5) is 36.5. The first-order valence-electron chi connectivity index (χ1n) is 19.2. The van der Waals surface area contributed by atoms with Gasteiger partial charge in [0.05, 0.1) is 6.61 Å². The number of hydrogen-bond acceptors (Lipinski definition) is 10. The monoisotopic (exact) mass is 700 g/mol. The number of hydrogen-bond donors (Lipinski definition) is 4. The summed E-state index contributed by atoms with van der Waals surface area (Å²) < 4.78 is 21.6. The summed E-state index contributed by atoms with van der Waals surface area (Å²) in [6, 6.07) is 0. The van der Waals surface area contributed by atoms with Gasteiger partial charge in [0, 0.05) is 12.8 Å². The molecule has 0 amide bonds. The molecular weight excluding hydrogens is 632 g/mol. The first-order chi connectivity index (χ1) is 23.7. The number of carbonyl (C=O) groups is 3. The summed E-state index contributed by atoms with van der Waals surface area (Å²) in [6.07, 6.45) is 18.5. The molecule has 0 bridgehead atoms. The Morgan fingerprint density at radius 3 is 1.65 bits per heavy atom. The molecule has 286 valence electrons. The standard InChI is InChI=1S/C38H68O11/c1-3-5-7-9-11-13-15-17-19-21-23-25-27-32(40)48-30(29-47-38-35(43)33(41)34(42)36(49-38)37(44)45)28-46-31(39)26-24-22-20-18-16-14-12-10-8-6-4-2/h10,12,30,33-36,38,41-43H,3-9,11,13-29H2,1-2H3,(H,44,45)/b12-10-. The van der Waals surface area contributed by atoms with E-state index >= 15 is 0 Å². The van der Waals surface area contributed by atoms with Gasteiger partial charge in [-0.25, -0.2) is 4.79 Å². The predicted octanol–water partition coefficient (Wildman–Crippen LogP) is 6.92. The third-order valence-electron chi connectivity index (χ3n) is 8.86. The zero-order chi connectivity index (χ0) is 36.1. The number of esters is 2. The van der Waals surface area contributed by atoms with Crippen LogP contribution in [0.5, 0.6) is 0 Å². The number of unbranched alkanes of at least 4 members (excludes halogenated alkanes) is 18. The van der Waals surface area contributed by atoms with Gasteiger partial charge >= 0.3 is 17.9 Å². The molecule has 4 N–H and O–H groups in total. The zero-order valence-electron chi connectivity index (χ0n) is 30.4. The van der Waals surface area contributed by atoms with Gasteiger partial charge in [-0.2, -0.15) is 0 Å². The molecule has 0 aromatic rings. The lowest BCUT2D eigenvalue weighted by Crippen LogP contribution is -2.60. The Labute approximate surface area is 295 Å². The number of rotatable bonds is 31. The van der Waals surface area contributed by atoms with Crippen LogP contribution in [0.3, 0.4) is 0 Å². The molecule has 1 saturated heterocycles. The Balaban J connectivity index is 2.45. The summed E-state index contributed by atoms with van der Waals surface area (Å²) in [6.45, 7) is 3.73. The van der Waals surface area contributed by atoms with Crippen LogP contribution in [-0.2, 0) is 33.3 Å². The lowest BCUT2D eigenvalue weighted by Gasteiger charge is -2.38. The number of ether oxygens (including phenoxy) is 4. The summed E-state index contributed by atoms with van der Waals surface area (Å²) in [7, 11) is 0. The van der Waals surface area contributed by atoms with Crippen molar-refractivity contribution in [2.24, 2.45) is 0 Å². The maximum atomic E-state index is 12.7. The molecule has 0 aliphatic carbocycles. The largest absolute Gasteiger partial charge is 0.479 e.